The summed E-state index contributed by atoms with van der Waals surface area (Å²) in [5.41, 5.74) is 2.22. The van der Waals surface area contributed by atoms with Crippen molar-refractivity contribution in [2.45, 2.75) is 38.1 Å². The molecule has 0 amide bonds. The van der Waals surface area contributed by atoms with Crippen LogP contribution in [0.25, 0.3) is 0 Å². The third-order valence-electron chi connectivity index (χ3n) is 4.08. The number of nitrogens with zero attached hydrogens (tertiary/aromatic N) is 1. The maximum atomic E-state index is 13.5. The minimum Gasteiger partial charge on any atom is -0.367 e. The zero-order chi connectivity index (χ0) is 14.0. The molecule has 1 aliphatic rings. The molecule has 0 aliphatic carbocycles. The van der Waals surface area contributed by atoms with Crippen molar-refractivity contribution < 1.29 is 4.39 Å². The second-order valence-electron chi connectivity index (χ2n) is 5.22. The van der Waals surface area contributed by atoms with Gasteiger partial charge >= 0.3 is 0 Å². The van der Waals surface area contributed by atoms with Gasteiger partial charge in [0.2, 0.25) is 0 Å². The second-order valence-corrected chi connectivity index (χ2v) is 6.71. The lowest BCUT2D eigenvalue weighted by atomic mass is 10.0. The van der Waals surface area contributed by atoms with Crippen molar-refractivity contribution in [1.29, 1.82) is 0 Å². The number of halogens is 1. The molecule has 2 rings (SSSR count). The fourth-order valence-electron chi connectivity index (χ4n) is 2.56. The minimum absolute atomic E-state index is 0.155. The molecule has 106 valence electrons. The SMILES string of the molecule is CNC(C)c1cc(F)ccc1N1CCSC(C)C1C. The van der Waals surface area contributed by atoms with Crippen LogP contribution >= 0.6 is 11.8 Å². The Morgan fingerprint density at radius 3 is 2.84 bits per heavy atom. The summed E-state index contributed by atoms with van der Waals surface area (Å²) in [5, 5.41) is 3.82. The Labute approximate surface area is 119 Å². The monoisotopic (exact) mass is 282 g/mol. The number of hydrogen-bond donors (Lipinski definition) is 1. The normalized spacial score (nSPS) is 25.4. The summed E-state index contributed by atoms with van der Waals surface area (Å²) < 4.78 is 13.5. The molecule has 0 spiro atoms. The molecule has 1 fully saturated rings. The maximum absolute atomic E-state index is 13.5. The summed E-state index contributed by atoms with van der Waals surface area (Å²) in [7, 11) is 1.91. The van der Waals surface area contributed by atoms with Crippen LogP contribution < -0.4 is 10.2 Å². The van der Waals surface area contributed by atoms with Crippen LogP contribution in [0.4, 0.5) is 10.1 Å². The molecule has 3 unspecified atom stereocenters. The molecule has 1 aromatic carbocycles. The van der Waals surface area contributed by atoms with Gasteiger partial charge in [-0.25, -0.2) is 4.39 Å². The Bertz CT molecular complexity index is 438. The first-order chi connectivity index (χ1) is 9.04. The predicted molar refractivity (Wildman–Crippen MR) is 82.6 cm³/mol. The van der Waals surface area contributed by atoms with Crippen LogP contribution in [-0.4, -0.2) is 30.6 Å². The summed E-state index contributed by atoms with van der Waals surface area (Å²) in [4.78, 5) is 2.42. The lowest BCUT2D eigenvalue weighted by Gasteiger charge is -2.40. The highest BCUT2D eigenvalue weighted by molar-refractivity contribution is 8.00. The number of anilines is 1. The van der Waals surface area contributed by atoms with E-state index in [-0.39, 0.29) is 11.9 Å². The fourth-order valence-corrected chi connectivity index (χ4v) is 3.66. The standard InChI is InChI=1S/C15H23FN2S/c1-10(17-4)14-9-13(16)5-6-15(14)18-7-8-19-12(3)11(18)2/h5-6,9-12,17H,7-8H2,1-4H3. The average Bonchev–Trinajstić information content (AvgIpc) is 2.41. The average molecular weight is 282 g/mol. The lowest BCUT2D eigenvalue weighted by molar-refractivity contribution is 0.591. The van der Waals surface area contributed by atoms with E-state index in [0.717, 1.165) is 17.9 Å². The van der Waals surface area contributed by atoms with E-state index in [9.17, 15) is 4.39 Å². The molecule has 19 heavy (non-hydrogen) atoms. The van der Waals surface area contributed by atoms with E-state index < -0.39 is 0 Å². The summed E-state index contributed by atoms with van der Waals surface area (Å²) in [6.45, 7) is 7.64. The van der Waals surface area contributed by atoms with E-state index in [0.29, 0.717) is 11.3 Å². The van der Waals surface area contributed by atoms with Gasteiger partial charge in [-0.3, -0.25) is 0 Å². The van der Waals surface area contributed by atoms with Crippen molar-refractivity contribution in [3.63, 3.8) is 0 Å². The lowest BCUT2D eigenvalue weighted by Crippen LogP contribution is -2.45. The Balaban J connectivity index is 2.37. The highest BCUT2D eigenvalue weighted by atomic mass is 32.2. The van der Waals surface area contributed by atoms with E-state index in [2.05, 4.69) is 31.0 Å². The van der Waals surface area contributed by atoms with E-state index in [1.807, 2.05) is 24.9 Å². The molecule has 1 N–H and O–H groups in total. The molecular formula is C15H23FN2S. The Hall–Kier alpha value is -0.740. The van der Waals surface area contributed by atoms with Crippen molar-refractivity contribution in [3.05, 3.63) is 29.6 Å². The summed E-state index contributed by atoms with van der Waals surface area (Å²) in [5.74, 6) is 0.976. The van der Waals surface area contributed by atoms with Crippen molar-refractivity contribution in [1.82, 2.24) is 5.32 Å². The van der Waals surface area contributed by atoms with E-state index >= 15 is 0 Å². The zero-order valence-electron chi connectivity index (χ0n) is 12.1. The highest BCUT2D eigenvalue weighted by Crippen LogP contribution is 2.33. The van der Waals surface area contributed by atoms with Crippen LogP contribution in [0.3, 0.4) is 0 Å². The molecule has 0 aromatic heterocycles. The second kappa shape index (κ2) is 6.14. The smallest absolute Gasteiger partial charge is 0.123 e. The van der Waals surface area contributed by atoms with Crippen LogP contribution in [0.5, 0.6) is 0 Å². The molecule has 1 aromatic rings. The molecule has 4 heteroatoms. The first kappa shape index (κ1) is 14.7. The third kappa shape index (κ3) is 3.06. The topological polar surface area (TPSA) is 15.3 Å². The van der Waals surface area contributed by atoms with Crippen LogP contribution in [0, 0.1) is 5.82 Å². The van der Waals surface area contributed by atoms with Gasteiger partial charge in [0.05, 0.1) is 0 Å². The molecule has 0 bridgehead atoms. The van der Waals surface area contributed by atoms with Crippen molar-refractivity contribution >= 4 is 17.4 Å². The van der Waals surface area contributed by atoms with Crippen LogP contribution in [0.1, 0.15) is 32.4 Å². The van der Waals surface area contributed by atoms with E-state index in [1.54, 1.807) is 12.1 Å². The van der Waals surface area contributed by atoms with E-state index in [4.69, 9.17) is 0 Å². The summed E-state index contributed by atoms with van der Waals surface area (Å²) in [6.07, 6.45) is 0. The van der Waals surface area contributed by atoms with Gasteiger partial charge in [0.1, 0.15) is 5.82 Å². The van der Waals surface area contributed by atoms with E-state index in [1.165, 1.54) is 5.69 Å². The Morgan fingerprint density at radius 2 is 2.16 bits per heavy atom. The maximum Gasteiger partial charge on any atom is 0.123 e. The number of nitrogens with one attached hydrogen (secondary N) is 1. The van der Waals surface area contributed by atoms with Gasteiger partial charge in [-0.15, -0.1) is 0 Å². The van der Waals surface area contributed by atoms with Gasteiger partial charge in [0, 0.05) is 35.3 Å². The number of thioether (sulfide) groups is 1. The van der Waals surface area contributed by atoms with Gasteiger partial charge in [0.25, 0.3) is 0 Å². The molecular weight excluding hydrogens is 259 g/mol. The van der Waals surface area contributed by atoms with Gasteiger partial charge in [-0.1, -0.05) is 6.92 Å². The third-order valence-corrected chi connectivity index (χ3v) is 5.42. The largest absolute Gasteiger partial charge is 0.367 e. The predicted octanol–water partition coefficient (Wildman–Crippen LogP) is 3.44. The zero-order valence-corrected chi connectivity index (χ0v) is 12.9. The Kier molecular flexibility index (Phi) is 4.74. The van der Waals surface area contributed by atoms with Crippen molar-refractivity contribution in [2.75, 3.05) is 24.2 Å². The Morgan fingerprint density at radius 1 is 1.42 bits per heavy atom. The van der Waals surface area contributed by atoms with Gasteiger partial charge < -0.3 is 10.2 Å². The molecule has 3 atom stereocenters. The molecule has 1 saturated heterocycles. The minimum atomic E-state index is -0.159. The molecule has 1 aliphatic heterocycles. The van der Waals surface area contributed by atoms with Crippen LogP contribution in [-0.2, 0) is 0 Å². The summed E-state index contributed by atoms with van der Waals surface area (Å²) in [6, 6.07) is 5.79. The van der Waals surface area contributed by atoms with Crippen LogP contribution in [0.15, 0.2) is 18.2 Å². The fraction of sp³-hybridized carbons (Fsp3) is 0.600. The first-order valence-electron chi connectivity index (χ1n) is 6.89. The van der Waals surface area contributed by atoms with Crippen LogP contribution in [0.2, 0.25) is 0 Å². The van der Waals surface area contributed by atoms with Crippen molar-refractivity contribution in [3.8, 4) is 0 Å². The number of hydrogen-bond acceptors (Lipinski definition) is 3. The van der Waals surface area contributed by atoms with Gasteiger partial charge in [0.15, 0.2) is 0 Å². The quantitative estimate of drug-likeness (QED) is 0.914. The number of benzene rings is 1. The molecule has 1 heterocycles. The highest BCUT2D eigenvalue weighted by Gasteiger charge is 2.27. The first-order valence-corrected chi connectivity index (χ1v) is 7.94. The molecule has 0 radical (unpaired) electrons. The van der Waals surface area contributed by atoms with Gasteiger partial charge in [-0.05, 0) is 44.7 Å². The van der Waals surface area contributed by atoms with Gasteiger partial charge in [-0.2, -0.15) is 11.8 Å². The van der Waals surface area contributed by atoms with Crippen molar-refractivity contribution in [2.24, 2.45) is 0 Å². The number of rotatable bonds is 3. The molecule has 0 saturated carbocycles. The summed E-state index contributed by atoms with van der Waals surface area (Å²) >= 11 is 2.02. The molecule has 2 nitrogen and oxygen atoms in total.